The van der Waals surface area contributed by atoms with Gasteiger partial charge >= 0.3 is 11.9 Å². The van der Waals surface area contributed by atoms with Gasteiger partial charge in [-0.1, -0.05) is 0 Å². The summed E-state index contributed by atoms with van der Waals surface area (Å²) < 4.78 is 10.7. The molecule has 0 fully saturated rings. The van der Waals surface area contributed by atoms with Crippen molar-refractivity contribution in [2.24, 2.45) is 0 Å². The van der Waals surface area contributed by atoms with Crippen LogP contribution in [-0.4, -0.2) is 22.6 Å². The minimum Gasteiger partial charge on any atom is -0.483 e. The molecule has 1 heterocycles. The van der Waals surface area contributed by atoms with Crippen LogP contribution in [-0.2, 0) is 4.79 Å². The third-order valence-corrected chi connectivity index (χ3v) is 2.66. The Bertz CT molecular complexity index is 584. The van der Waals surface area contributed by atoms with Crippen molar-refractivity contribution in [1.82, 2.24) is 0 Å². The normalized spacial score (nSPS) is 15.3. The van der Waals surface area contributed by atoms with Gasteiger partial charge in [-0.3, -0.25) is 4.79 Å². The van der Waals surface area contributed by atoms with Crippen LogP contribution in [0.3, 0.4) is 0 Å². The SMILES string of the molecule is CC(=O)Oc1c(C(=O)O)ccc2c1C=CC(C)(C)O2. The molecule has 1 aliphatic rings. The number of aromatic carboxylic acids is 1. The lowest BCUT2D eigenvalue weighted by molar-refractivity contribution is -0.131. The van der Waals surface area contributed by atoms with E-state index in [9.17, 15) is 9.59 Å². The van der Waals surface area contributed by atoms with Gasteiger partial charge in [-0.25, -0.2) is 4.79 Å². The van der Waals surface area contributed by atoms with Crippen molar-refractivity contribution in [3.63, 3.8) is 0 Å². The van der Waals surface area contributed by atoms with E-state index in [-0.39, 0.29) is 11.3 Å². The van der Waals surface area contributed by atoms with E-state index in [1.54, 1.807) is 18.2 Å². The van der Waals surface area contributed by atoms with Gasteiger partial charge in [0.1, 0.15) is 16.9 Å². The molecule has 2 rings (SSSR count). The van der Waals surface area contributed by atoms with Crippen LogP contribution in [0.15, 0.2) is 18.2 Å². The van der Waals surface area contributed by atoms with Crippen LogP contribution in [0, 0.1) is 0 Å². The van der Waals surface area contributed by atoms with E-state index in [1.807, 2.05) is 13.8 Å². The van der Waals surface area contributed by atoms with E-state index in [1.165, 1.54) is 13.0 Å². The Morgan fingerprint density at radius 3 is 2.58 bits per heavy atom. The van der Waals surface area contributed by atoms with E-state index >= 15 is 0 Å². The summed E-state index contributed by atoms with van der Waals surface area (Å²) in [5.74, 6) is -1.22. The number of carbonyl (C=O) groups is 2. The molecule has 1 aliphatic heterocycles. The van der Waals surface area contributed by atoms with E-state index in [2.05, 4.69) is 0 Å². The first kappa shape index (κ1) is 13.1. The zero-order valence-corrected chi connectivity index (χ0v) is 10.9. The van der Waals surface area contributed by atoms with Crippen LogP contribution in [0.2, 0.25) is 0 Å². The lowest BCUT2D eigenvalue weighted by Gasteiger charge is -2.28. The Balaban J connectivity index is 2.60. The zero-order chi connectivity index (χ0) is 14.2. The number of carboxylic acids is 1. The highest BCUT2D eigenvalue weighted by atomic mass is 16.5. The fraction of sp³-hybridized carbons (Fsp3) is 0.286. The summed E-state index contributed by atoms with van der Waals surface area (Å²) in [5.41, 5.74) is -0.0815. The van der Waals surface area contributed by atoms with E-state index in [0.717, 1.165) is 0 Å². The van der Waals surface area contributed by atoms with Gasteiger partial charge in [0.2, 0.25) is 0 Å². The van der Waals surface area contributed by atoms with Gasteiger partial charge in [-0.05, 0) is 38.1 Å². The number of carboxylic acid groups (broad SMARTS) is 1. The largest absolute Gasteiger partial charge is 0.483 e. The molecular formula is C14H14O5. The van der Waals surface area contributed by atoms with Gasteiger partial charge in [0.25, 0.3) is 0 Å². The van der Waals surface area contributed by atoms with Crippen molar-refractivity contribution < 1.29 is 24.2 Å². The molecule has 19 heavy (non-hydrogen) atoms. The predicted octanol–water partition coefficient (Wildman–Crippen LogP) is 2.49. The molecular weight excluding hydrogens is 248 g/mol. The van der Waals surface area contributed by atoms with Crippen LogP contribution in [0.25, 0.3) is 6.08 Å². The first-order valence-electron chi connectivity index (χ1n) is 5.77. The molecule has 1 aromatic carbocycles. The highest BCUT2D eigenvalue weighted by Gasteiger charge is 2.27. The maximum atomic E-state index is 11.2. The third-order valence-electron chi connectivity index (χ3n) is 2.66. The van der Waals surface area contributed by atoms with Crippen molar-refractivity contribution in [3.05, 3.63) is 29.3 Å². The maximum absolute atomic E-state index is 11.2. The second-order valence-electron chi connectivity index (χ2n) is 4.79. The van der Waals surface area contributed by atoms with Crippen molar-refractivity contribution in [2.45, 2.75) is 26.4 Å². The second-order valence-corrected chi connectivity index (χ2v) is 4.79. The average Bonchev–Trinajstić information content (AvgIpc) is 2.26. The average molecular weight is 262 g/mol. The summed E-state index contributed by atoms with van der Waals surface area (Å²) in [4.78, 5) is 22.3. The Labute approximate surface area is 110 Å². The molecule has 0 aliphatic carbocycles. The molecule has 0 unspecified atom stereocenters. The van der Waals surface area contributed by atoms with Crippen LogP contribution in [0.1, 0.15) is 36.7 Å². The summed E-state index contributed by atoms with van der Waals surface area (Å²) >= 11 is 0. The van der Waals surface area contributed by atoms with Gasteiger partial charge in [0.15, 0.2) is 5.75 Å². The smallest absolute Gasteiger partial charge is 0.339 e. The van der Waals surface area contributed by atoms with Gasteiger partial charge in [0.05, 0.1) is 5.56 Å². The molecule has 100 valence electrons. The number of esters is 1. The summed E-state index contributed by atoms with van der Waals surface area (Å²) in [5, 5.41) is 9.13. The Morgan fingerprint density at radius 2 is 2.00 bits per heavy atom. The monoisotopic (exact) mass is 262 g/mol. The molecule has 0 saturated carbocycles. The molecule has 0 saturated heterocycles. The molecule has 1 N–H and O–H groups in total. The summed E-state index contributed by atoms with van der Waals surface area (Å²) in [7, 11) is 0. The van der Waals surface area contributed by atoms with Gasteiger partial charge in [-0.15, -0.1) is 0 Å². The second kappa shape index (κ2) is 4.42. The van der Waals surface area contributed by atoms with Crippen molar-refractivity contribution in [1.29, 1.82) is 0 Å². The minimum absolute atomic E-state index is 0.0178. The number of ether oxygens (including phenoxy) is 2. The van der Waals surface area contributed by atoms with Crippen LogP contribution >= 0.6 is 0 Å². The number of fused-ring (bicyclic) bond motifs is 1. The Hall–Kier alpha value is -2.30. The Kier molecular flexibility index (Phi) is 3.06. The maximum Gasteiger partial charge on any atom is 0.339 e. The number of carbonyl (C=O) groups excluding carboxylic acids is 1. The minimum atomic E-state index is -1.16. The topological polar surface area (TPSA) is 72.8 Å². The van der Waals surface area contributed by atoms with Crippen molar-refractivity contribution in [2.75, 3.05) is 0 Å². The zero-order valence-electron chi connectivity index (χ0n) is 10.9. The van der Waals surface area contributed by atoms with Crippen molar-refractivity contribution >= 4 is 18.0 Å². The first-order chi connectivity index (χ1) is 8.80. The number of rotatable bonds is 2. The summed E-state index contributed by atoms with van der Waals surface area (Å²) in [6.45, 7) is 4.98. The molecule has 0 aromatic heterocycles. The molecule has 0 amide bonds. The van der Waals surface area contributed by atoms with Crippen molar-refractivity contribution in [3.8, 4) is 11.5 Å². The number of hydrogen-bond donors (Lipinski definition) is 1. The molecule has 0 atom stereocenters. The van der Waals surface area contributed by atoms with E-state index in [4.69, 9.17) is 14.6 Å². The molecule has 0 spiro atoms. The van der Waals surface area contributed by atoms with Crippen LogP contribution < -0.4 is 9.47 Å². The highest BCUT2D eigenvalue weighted by molar-refractivity contribution is 5.94. The summed E-state index contributed by atoms with van der Waals surface area (Å²) in [6, 6.07) is 2.94. The highest BCUT2D eigenvalue weighted by Crippen LogP contribution is 2.39. The van der Waals surface area contributed by atoms with Crippen LogP contribution in [0.4, 0.5) is 0 Å². The summed E-state index contributed by atoms with van der Waals surface area (Å²) in [6.07, 6.45) is 3.50. The lowest BCUT2D eigenvalue weighted by Crippen LogP contribution is -2.28. The van der Waals surface area contributed by atoms with Crippen LogP contribution in [0.5, 0.6) is 11.5 Å². The fourth-order valence-corrected chi connectivity index (χ4v) is 1.85. The van der Waals surface area contributed by atoms with Gasteiger partial charge < -0.3 is 14.6 Å². The standard InChI is InChI=1S/C14H14O5/c1-8(15)18-12-9-6-7-14(2,3)19-11(9)5-4-10(12)13(16)17/h4-7H,1-3H3,(H,16,17). The fourth-order valence-electron chi connectivity index (χ4n) is 1.85. The first-order valence-corrected chi connectivity index (χ1v) is 5.77. The molecule has 0 radical (unpaired) electrons. The molecule has 1 aromatic rings. The van der Waals surface area contributed by atoms with Gasteiger partial charge in [-0.2, -0.15) is 0 Å². The molecule has 5 heteroatoms. The molecule has 5 nitrogen and oxygen atoms in total. The Morgan fingerprint density at radius 1 is 1.32 bits per heavy atom. The quantitative estimate of drug-likeness (QED) is 0.654. The lowest BCUT2D eigenvalue weighted by atomic mass is 9.99. The number of hydrogen-bond acceptors (Lipinski definition) is 4. The molecule has 0 bridgehead atoms. The van der Waals surface area contributed by atoms with E-state index in [0.29, 0.717) is 11.3 Å². The predicted molar refractivity (Wildman–Crippen MR) is 68.5 cm³/mol. The third kappa shape index (κ3) is 2.59. The van der Waals surface area contributed by atoms with Gasteiger partial charge in [0, 0.05) is 6.92 Å². The van der Waals surface area contributed by atoms with E-state index < -0.39 is 17.5 Å². The number of benzene rings is 1.